The summed E-state index contributed by atoms with van der Waals surface area (Å²) in [7, 11) is 0. The van der Waals surface area contributed by atoms with Crippen LogP contribution in [-0.2, 0) is 0 Å². The van der Waals surface area contributed by atoms with Gasteiger partial charge in [-0.15, -0.1) is 0 Å². The van der Waals surface area contributed by atoms with Gasteiger partial charge in [0.2, 0.25) is 0 Å². The van der Waals surface area contributed by atoms with Gasteiger partial charge in [-0.05, 0) is 37.3 Å². The van der Waals surface area contributed by atoms with Crippen molar-refractivity contribution in [3.8, 4) is 0 Å². The molecular weight excluding hydrogens is 162 g/mol. The quantitative estimate of drug-likeness (QED) is 0.719. The first kappa shape index (κ1) is 8.82. The molecule has 1 aromatic heterocycles. The molecule has 1 aliphatic carbocycles. The summed E-state index contributed by atoms with van der Waals surface area (Å²) in [4.78, 5) is 0. The van der Waals surface area contributed by atoms with Crippen molar-refractivity contribution in [3.63, 3.8) is 0 Å². The lowest BCUT2D eigenvalue weighted by molar-refractivity contribution is 0.267. The highest BCUT2D eigenvalue weighted by Crippen LogP contribution is 2.36. The molecule has 2 heteroatoms. The first-order chi connectivity index (χ1) is 6.27. The fraction of sp³-hybridized carbons (Fsp3) is 0.636. The van der Waals surface area contributed by atoms with E-state index in [9.17, 15) is 0 Å². The summed E-state index contributed by atoms with van der Waals surface area (Å²) < 4.78 is 5.44. The number of nitrogens with two attached hydrogens (primary N) is 1. The summed E-state index contributed by atoms with van der Waals surface area (Å²) in [5.41, 5.74) is 5.95. The lowest BCUT2D eigenvalue weighted by Gasteiger charge is -2.31. The maximum Gasteiger partial charge on any atom is 0.107 e. The summed E-state index contributed by atoms with van der Waals surface area (Å²) in [6.07, 6.45) is 5.22. The second kappa shape index (κ2) is 3.54. The number of furan rings is 1. The van der Waals surface area contributed by atoms with Crippen molar-refractivity contribution in [2.24, 2.45) is 11.7 Å². The van der Waals surface area contributed by atoms with Crippen LogP contribution >= 0.6 is 0 Å². The summed E-state index contributed by atoms with van der Waals surface area (Å²) in [6.45, 7) is 2.29. The average molecular weight is 179 g/mol. The molecule has 0 bridgehead atoms. The molecule has 13 heavy (non-hydrogen) atoms. The zero-order chi connectivity index (χ0) is 9.26. The van der Waals surface area contributed by atoms with Gasteiger partial charge >= 0.3 is 0 Å². The minimum absolute atomic E-state index is 0.367. The van der Waals surface area contributed by atoms with E-state index in [1.54, 1.807) is 6.26 Å². The molecule has 2 rings (SSSR count). The summed E-state index contributed by atoms with van der Waals surface area (Å²) in [5.74, 6) is 2.37. The molecule has 3 atom stereocenters. The van der Waals surface area contributed by atoms with E-state index in [1.807, 2.05) is 6.07 Å². The molecule has 2 nitrogen and oxygen atoms in total. The van der Waals surface area contributed by atoms with Gasteiger partial charge in [-0.25, -0.2) is 0 Å². The van der Waals surface area contributed by atoms with Crippen LogP contribution in [0.25, 0.3) is 0 Å². The van der Waals surface area contributed by atoms with Gasteiger partial charge in [-0.1, -0.05) is 6.92 Å². The Morgan fingerprint density at radius 3 is 3.00 bits per heavy atom. The highest BCUT2D eigenvalue weighted by atomic mass is 16.3. The van der Waals surface area contributed by atoms with E-state index in [-0.39, 0.29) is 0 Å². The molecule has 0 spiro atoms. The minimum atomic E-state index is 0.367. The third-order valence-corrected chi connectivity index (χ3v) is 3.15. The van der Waals surface area contributed by atoms with Gasteiger partial charge in [-0.2, -0.15) is 0 Å². The van der Waals surface area contributed by atoms with Crippen molar-refractivity contribution in [1.29, 1.82) is 0 Å². The molecule has 0 aromatic carbocycles. The Balaban J connectivity index is 2.12. The molecule has 2 N–H and O–H groups in total. The van der Waals surface area contributed by atoms with Gasteiger partial charge in [0.1, 0.15) is 5.76 Å². The van der Waals surface area contributed by atoms with Crippen molar-refractivity contribution in [2.75, 3.05) is 0 Å². The molecular formula is C11H17NO. The number of hydrogen-bond donors (Lipinski definition) is 1. The first-order valence-corrected chi connectivity index (χ1v) is 5.06. The van der Waals surface area contributed by atoms with Gasteiger partial charge in [0.25, 0.3) is 0 Å². The molecule has 3 unspecified atom stereocenters. The van der Waals surface area contributed by atoms with Crippen LogP contribution < -0.4 is 5.73 Å². The van der Waals surface area contributed by atoms with Gasteiger partial charge < -0.3 is 10.2 Å². The van der Waals surface area contributed by atoms with E-state index in [1.165, 1.54) is 12.8 Å². The second-order valence-electron chi connectivity index (χ2n) is 4.17. The van der Waals surface area contributed by atoms with Crippen LogP contribution in [0.2, 0.25) is 0 Å². The van der Waals surface area contributed by atoms with Gasteiger partial charge in [-0.3, -0.25) is 0 Å². The van der Waals surface area contributed by atoms with Crippen molar-refractivity contribution in [1.82, 2.24) is 0 Å². The van der Waals surface area contributed by atoms with E-state index in [4.69, 9.17) is 10.2 Å². The van der Waals surface area contributed by atoms with Crippen LogP contribution in [0.1, 0.15) is 37.9 Å². The molecule has 1 fully saturated rings. The Hall–Kier alpha value is -0.760. The van der Waals surface area contributed by atoms with Crippen LogP contribution in [0.15, 0.2) is 22.8 Å². The van der Waals surface area contributed by atoms with Crippen LogP contribution in [0, 0.1) is 5.92 Å². The maximum absolute atomic E-state index is 5.95. The standard InChI is InChI=1S/C11H17NO/c1-8-4-5-9(12)7-10(8)11-3-2-6-13-11/h2-3,6,8-10H,4-5,7,12H2,1H3. The zero-order valence-electron chi connectivity index (χ0n) is 8.07. The van der Waals surface area contributed by atoms with E-state index in [0.29, 0.717) is 17.9 Å². The average Bonchev–Trinajstić information content (AvgIpc) is 2.61. The third-order valence-electron chi connectivity index (χ3n) is 3.15. The molecule has 1 heterocycles. The van der Waals surface area contributed by atoms with Crippen molar-refractivity contribution in [2.45, 2.75) is 38.1 Å². The highest BCUT2D eigenvalue weighted by molar-refractivity contribution is 5.08. The smallest absolute Gasteiger partial charge is 0.107 e. The van der Waals surface area contributed by atoms with Crippen molar-refractivity contribution in [3.05, 3.63) is 24.2 Å². The summed E-state index contributed by atoms with van der Waals surface area (Å²) in [5, 5.41) is 0. The van der Waals surface area contributed by atoms with E-state index >= 15 is 0 Å². The van der Waals surface area contributed by atoms with E-state index < -0.39 is 0 Å². The Labute approximate surface area is 79.1 Å². The van der Waals surface area contributed by atoms with Crippen LogP contribution in [0.4, 0.5) is 0 Å². The van der Waals surface area contributed by atoms with E-state index in [0.717, 1.165) is 12.2 Å². The van der Waals surface area contributed by atoms with E-state index in [2.05, 4.69) is 13.0 Å². The van der Waals surface area contributed by atoms with Crippen molar-refractivity contribution < 1.29 is 4.42 Å². The number of hydrogen-bond acceptors (Lipinski definition) is 2. The molecule has 1 saturated carbocycles. The Morgan fingerprint density at radius 1 is 1.46 bits per heavy atom. The van der Waals surface area contributed by atoms with Gasteiger partial charge in [0.05, 0.1) is 6.26 Å². The zero-order valence-corrected chi connectivity index (χ0v) is 8.07. The molecule has 1 aromatic rings. The second-order valence-corrected chi connectivity index (χ2v) is 4.17. The monoisotopic (exact) mass is 179 g/mol. The third kappa shape index (κ3) is 1.78. The molecule has 0 aliphatic heterocycles. The van der Waals surface area contributed by atoms with Gasteiger partial charge in [0.15, 0.2) is 0 Å². The van der Waals surface area contributed by atoms with Crippen LogP contribution in [0.5, 0.6) is 0 Å². The highest BCUT2D eigenvalue weighted by Gasteiger charge is 2.28. The Morgan fingerprint density at radius 2 is 2.31 bits per heavy atom. The lowest BCUT2D eigenvalue weighted by Crippen LogP contribution is -2.30. The van der Waals surface area contributed by atoms with Crippen LogP contribution in [0.3, 0.4) is 0 Å². The predicted octanol–water partition coefficient (Wildman–Crippen LogP) is 2.51. The van der Waals surface area contributed by atoms with Crippen molar-refractivity contribution >= 4 is 0 Å². The number of rotatable bonds is 1. The summed E-state index contributed by atoms with van der Waals surface area (Å²) in [6, 6.07) is 4.40. The Kier molecular flexibility index (Phi) is 2.40. The predicted molar refractivity (Wildman–Crippen MR) is 52.4 cm³/mol. The first-order valence-electron chi connectivity index (χ1n) is 5.06. The maximum atomic E-state index is 5.95. The van der Waals surface area contributed by atoms with Gasteiger partial charge in [0, 0.05) is 12.0 Å². The Bertz CT molecular complexity index is 255. The van der Waals surface area contributed by atoms with Crippen LogP contribution in [-0.4, -0.2) is 6.04 Å². The SMILES string of the molecule is CC1CCC(N)CC1c1ccco1. The molecule has 72 valence electrons. The molecule has 0 amide bonds. The molecule has 0 saturated heterocycles. The largest absolute Gasteiger partial charge is 0.469 e. The normalized spacial score (nSPS) is 34.8. The minimum Gasteiger partial charge on any atom is -0.469 e. The fourth-order valence-corrected chi connectivity index (χ4v) is 2.25. The lowest BCUT2D eigenvalue weighted by atomic mass is 9.77. The molecule has 1 aliphatic rings. The molecule has 0 radical (unpaired) electrons. The fourth-order valence-electron chi connectivity index (χ4n) is 2.25. The topological polar surface area (TPSA) is 39.2 Å². The summed E-state index contributed by atoms with van der Waals surface area (Å²) >= 11 is 0.